The van der Waals surface area contributed by atoms with E-state index in [1.807, 2.05) is 19.4 Å². The summed E-state index contributed by atoms with van der Waals surface area (Å²) in [6, 6.07) is 4.68. The molecule has 2 rings (SSSR count). The number of nitrogens with one attached hydrogen (secondary N) is 1. The first-order valence-electron chi connectivity index (χ1n) is 6.62. The second kappa shape index (κ2) is 6.83. The SMILES string of the molecule is CNC1COCC1CN(C)CCc1ccncc1. The van der Waals surface area contributed by atoms with E-state index in [-0.39, 0.29) is 0 Å². The van der Waals surface area contributed by atoms with E-state index in [0.717, 1.165) is 32.7 Å². The first-order valence-corrected chi connectivity index (χ1v) is 6.62. The molecule has 2 unspecified atom stereocenters. The van der Waals surface area contributed by atoms with E-state index in [1.165, 1.54) is 5.56 Å². The Kier molecular flexibility index (Phi) is 5.11. The van der Waals surface area contributed by atoms with Crippen LogP contribution in [0, 0.1) is 5.92 Å². The minimum absolute atomic E-state index is 0.508. The fourth-order valence-corrected chi connectivity index (χ4v) is 2.46. The summed E-state index contributed by atoms with van der Waals surface area (Å²) in [7, 11) is 4.20. The van der Waals surface area contributed by atoms with Crippen molar-refractivity contribution in [2.24, 2.45) is 5.92 Å². The quantitative estimate of drug-likeness (QED) is 0.809. The van der Waals surface area contributed by atoms with Crippen molar-refractivity contribution in [3.05, 3.63) is 30.1 Å². The van der Waals surface area contributed by atoms with Crippen molar-refractivity contribution in [3.63, 3.8) is 0 Å². The van der Waals surface area contributed by atoms with Crippen LogP contribution in [0.25, 0.3) is 0 Å². The van der Waals surface area contributed by atoms with Crippen LogP contribution in [0.3, 0.4) is 0 Å². The average Bonchev–Trinajstić information content (AvgIpc) is 2.85. The van der Waals surface area contributed by atoms with E-state index in [9.17, 15) is 0 Å². The molecule has 1 saturated heterocycles. The van der Waals surface area contributed by atoms with Gasteiger partial charge in [0.1, 0.15) is 0 Å². The first-order chi connectivity index (χ1) is 8.79. The smallest absolute Gasteiger partial charge is 0.0623 e. The third-order valence-electron chi connectivity index (χ3n) is 3.65. The molecule has 4 heteroatoms. The minimum atomic E-state index is 0.508. The van der Waals surface area contributed by atoms with Crippen molar-refractivity contribution in [1.29, 1.82) is 0 Å². The molecule has 18 heavy (non-hydrogen) atoms. The van der Waals surface area contributed by atoms with Crippen LogP contribution in [0.1, 0.15) is 5.56 Å². The van der Waals surface area contributed by atoms with E-state index < -0.39 is 0 Å². The number of likely N-dealkylation sites (N-methyl/N-ethyl adjacent to an activating group) is 2. The summed E-state index contributed by atoms with van der Waals surface area (Å²) >= 11 is 0. The molecule has 1 N–H and O–H groups in total. The van der Waals surface area contributed by atoms with Crippen molar-refractivity contribution in [1.82, 2.24) is 15.2 Å². The Hall–Kier alpha value is -0.970. The molecule has 0 aliphatic carbocycles. The molecule has 4 nitrogen and oxygen atoms in total. The van der Waals surface area contributed by atoms with Gasteiger partial charge in [-0.25, -0.2) is 0 Å². The maximum absolute atomic E-state index is 5.53. The third-order valence-corrected chi connectivity index (χ3v) is 3.65. The van der Waals surface area contributed by atoms with Crippen LogP contribution >= 0.6 is 0 Å². The molecule has 1 aliphatic rings. The Balaban J connectivity index is 1.73. The van der Waals surface area contributed by atoms with Gasteiger partial charge in [-0.05, 0) is 38.2 Å². The van der Waals surface area contributed by atoms with E-state index in [2.05, 4.69) is 34.4 Å². The van der Waals surface area contributed by atoms with E-state index in [1.54, 1.807) is 0 Å². The molecule has 0 bridgehead atoms. The van der Waals surface area contributed by atoms with Gasteiger partial charge in [-0.15, -0.1) is 0 Å². The zero-order valence-electron chi connectivity index (χ0n) is 11.3. The lowest BCUT2D eigenvalue weighted by Gasteiger charge is -2.23. The molecule has 0 spiro atoms. The second-order valence-electron chi connectivity index (χ2n) is 5.06. The molecule has 1 aromatic rings. The highest BCUT2D eigenvalue weighted by Crippen LogP contribution is 2.14. The van der Waals surface area contributed by atoms with Gasteiger partial charge in [0.15, 0.2) is 0 Å². The molecule has 2 heterocycles. The number of hydrogen-bond donors (Lipinski definition) is 1. The van der Waals surface area contributed by atoms with E-state index >= 15 is 0 Å². The highest BCUT2D eigenvalue weighted by molar-refractivity contribution is 5.09. The van der Waals surface area contributed by atoms with Gasteiger partial charge in [-0.1, -0.05) is 0 Å². The van der Waals surface area contributed by atoms with Gasteiger partial charge < -0.3 is 15.0 Å². The normalized spacial score (nSPS) is 23.7. The monoisotopic (exact) mass is 249 g/mol. The van der Waals surface area contributed by atoms with Gasteiger partial charge in [0.05, 0.1) is 13.2 Å². The molecule has 100 valence electrons. The first kappa shape index (κ1) is 13.5. The van der Waals surface area contributed by atoms with Gasteiger partial charge in [0.2, 0.25) is 0 Å². The van der Waals surface area contributed by atoms with Crippen molar-refractivity contribution in [3.8, 4) is 0 Å². The van der Waals surface area contributed by atoms with Gasteiger partial charge in [-0.3, -0.25) is 4.98 Å². The van der Waals surface area contributed by atoms with Crippen LogP contribution in [0.5, 0.6) is 0 Å². The number of pyridine rings is 1. The van der Waals surface area contributed by atoms with Crippen LogP contribution in [0.15, 0.2) is 24.5 Å². The number of hydrogen-bond acceptors (Lipinski definition) is 4. The molecule has 2 atom stereocenters. The number of aromatic nitrogens is 1. The lowest BCUT2D eigenvalue weighted by Crippen LogP contribution is -2.39. The van der Waals surface area contributed by atoms with Gasteiger partial charge >= 0.3 is 0 Å². The molecule has 1 aliphatic heterocycles. The van der Waals surface area contributed by atoms with Crippen LogP contribution in [0.2, 0.25) is 0 Å². The fraction of sp³-hybridized carbons (Fsp3) is 0.643. The minimum Gasteiger partial charge on any atom is -0.379 e. The van der Waals surface area contributed by atoms with Crippen molar-refractivity contribution in [2.75, 3.05) is 40.4 Å². The second-order valence-corrected chi connectivity index (χ2v) is 5.06. The highest BCUT2D eigenvalue weighted by Gasteiger charge is 2.27. The largest absolute Gasteiger partial charge is 0.379 e. The Morgan fingerprint density at radius 3 is 2.89 bits per heavy atom. The molecular formula is C14H23N3O. The van der Waals surface area contributed by atoms with E-state index in [4.69, 9.17) is 4.74 Å². The Morgan fingerprint density at radius 2 is 2.17 bits per heavy atom. The Bertz CT molecular complexity index is 344. The number of nitrogens with zero attached hydrogens (tertiary/aromatic N) is 2. The standard InChI is InChI=1S/C14H23N3O/c1-15-14-11-18-10-13(14)9-17(2)8-5-12-3-6-16-7-4-12/h3-4,6-7,13-15H,5,8-11H2,1-2H3. The molecule has 1 aromatic heterocycles. The summed E-state index contributed by atoms with van der Waals surface area (Å²) < 4.78 is 5.53. The fourth-order valence-electron chi connectivity index (χ4n) is 2.46. The molecule has 1 fully saturated rings. The summed E-state index contributed by atoms with van der Waals surface area (Å²) in [5.74, 6) is 0.609. The predicted octanol–water partition coefficient (Wildman–Crippen LogP) is 0.790. The Morgan fingerprint density at radius 1 is 1.39 bits per heavy atom. The molecule has 0 saturated carbocycles. The summed E-state index contributed by atoms with van der Waals surface area (Å²) in [5, 5.41) is 3.33. The maximum atomic E-state index is 5.53. The molecular weight excluding hydrogens is 226 g/mol. The summed E-state index contributed by atoms with van der Waals surface area (Å²) in [5.41, 5.74) is 1.35. The van der Waals surface area contributed by atoms with E-state index in [0.29, 0.717) is 12.0 Å². The van der Waals surface area contributed by atoms with Gasteiger partial charge in [-0.2, -0.15) is 0 Å². The number of ether oxygens (including phenoxy) is 1. The van der Waals surface area contributed by atoms with Crippen LogP contribution in [-0.4, -0.2) is 56.3 Å². The zero-order valence-corrected chi connectivity index (χ0v) is 11.3. The topological polar surface area (TPSA) is 37.4 Å². The zero-order chi connectivity index (χ0) is 12.8. The maximum Gasteiger partial charge on any atom is 0.0623 e. The summed E-state index contributed by atoms with van der Waals surface area (Å²) in [6.45, 7) is 3.90. The summed E-state index contributed by atoms with van der Waals surface area (Å²) in [6.07, 6.45) is 4.80. The predicted molar refractivity (Wildman–Crippen MR) is 72.6 cm³/mol. The molecule has 0 radical (unpaired) electrons. The average molecular weight is 249 g/mol. The van der Waals surface area contributed by atoms with Crippen LogP contribution < -0.4 is 5.32 Å². The van der Waals surface area contributed by atoms with Crippen LogP contribution in [-0.2, 0) is 11.2 Å². The van der Waals surface area contributed by atoms with Crippen molar-refractivity contribution >= 4 is 0 Å². The van der Waals surface area contributed by atoms with Crippen molar-refractivity contribution < 1.29 is 4.74 Å². The van der Waals surface area contributed by atoms with Gasteiger partial charge in [0, 0.05) is 37.4 Å². The summed E-state index contributed by atoms with van der Waals surface area (Å²) in [4.78, 5) is 6.43. The van der Waals surface area contributed by atoms with Crippen molar-refractivity contribution in [2.45, 2.75) is 12.5 Å². The highest BCUT2D eigenvalue weighted by atomic mass is 16.5. The Labute approximate surface area is 109 Å². The lowest BCUT2D eigenvalue weighted by molar-refractivity contribution is 0.173. The molecule has 0 aromatic carbocycles. The lowest BCUT2D eigenvalue weighted by atomic mass is 10.0. The third kappa shape index (κ3) is 3.77. The number of rotatable bonds is 6. The van der Waals surface area contributed by atoms with Crippen LogP contribution in [0.4, 0.5) is 0 Å². The van der Waals surface area contributed by atoms with Gasteiger partial charge in [0.25, 0.3) is 0 Å². The molecule has 0 amide bonds.